The monoisotopic (exact) mass is 332 g/mol. The van der Waals surface area contributed by atoms with E-state index in [1.807, 2.05) is 19.1 Å². The first-order valence-electron chi connectivity index (χ1n) is 8.99. The molecule has 6 nitrogen and oxygen atoms in total. The van der Waals surface area contributed by atoms with Gasteiger partial charge in [-0.3, -0.25) is 10.1 Å². The van der Waals surface area contributed by atoms with Crippen LogP contribution in [-0.4, -0.2) is 35.8 Å². The summed E-state index contributed by atoms with van der Waals surface area (Å²) in [5.41, 5.74) is 6.14. The molecule has 0 amide bonds. The van der Waals surface area contributed by atoms with Crippen molar-refractivity contribution in [2.75, 3.05) is 23.7 Å². The minimum Gasteiger partial charge on any atom is -0.442 e. The van der Waals surface area contributed by atoms with Gasteiger partial charge in [0.1, 0.15) is 5.82 Å². The van der Waals surface area contributed by atoms with E-state index in [9.17, 15) is 4.79 Å². The summed E-state index contributed by atoms with van der Waals surface area (Å²) < 4.78 is 5.92. The second-order valence-corrected chi connectivity index (χ2v) is 7.12. The molecule has 0 radical (unpaired) electrons. The Morgan fingerprint density at radius 3 is 3.08 bits per heavy atom. The molecule has 1 aromatic rings. The molecule has 0 saturated carbocycles. The molecular weight excluding hydrogens is 304 g/mol. The van der Waals surface area contributed by atoms with E-state index < -0.39 is 5.72 Å². The Morgan fingerprint density at radius 2 is 2.38 bits per heavy atom. The second kappa shape index (κ2) is 6.97. The van der Waals surface area contributed by atoms with Crippen LogP contribution in [0, 0.1) is 5.92 Å². The van der Waals surface area contributed by atoms with E-state index in [-0.39, 0.29) is 11.9 Å². The van der Waals surface area contributed by atoms with E-state index in [0.717, 1.165) is 31.5 Å². The summed E-state index contributed by atoms with van der Waals surface area (Å²) in [5, 5.41) is 3.40. The van der Waals surface area contributed by atoms with Crippen LogP contribution in [0.3, 0.4) is 0 Å². The minimum absolute atomic E-state index is 0.0426. The number of hydrogen-bond acceptors (Lipinski definition) is 6. The number of aromatic nitrogens is 1. The summed E-state index contributed by atoms with van der Waals surface area (Å²) in [5.74, 6) is 0.388. The van der Waals surface area contributed by atoms with Crippen molar-refractivity contribution in [3.63, 3.8) is 0 Å². The number of nitrogens with zero attached hydrogens (tertiary/aromatic N) is 2. The van der Waals surface area contributed by atoms with Gasteiger partial charge in [-0.05, 0) is 18.6 Å². The van der Waals surface area contributed by atoms with E-state index in [4.69, 9.17) is 10.5 Å². The van der Waals surface area contributed by atoms with E-state index in [0.29, 0.717) is 18.4 Å². The average molecular weight is 332 g/mol. The van der Waals surface area contributed by atoms with Gasteiger partial charge in [0.05, 0.1) is 24.3 Å². The molecule has 24 heavy (non-hydrogen) atoms. The number of anilines is 2. The molecule has 3 heterocycles. The summed E-state index contributed by atoms with van der Waals surface area (Å²) in [4.78, 5) is 18.9. The van der Waals surface area contributed by atoms with Crippen LogP contribution in [0.25, 0.3) is 0 Å². The summed E-state index contributed by atoms with van der Waals surface area (Å²) >= 11 is 0. The van der Waals surface area contributed by atoms with Gasteiger partial charge in [0, 0.05) is 19.0 Å². The molecule has 0 aliphatic carbocycles. The smallest absolute Gasteiger partial charge is 0.310 e. The normalized spacial score (nSPS) is 26.6. The van der Waals surface area contributed by atoms with Crippen molar-refractivity contribution in [2.45, 2.75) is 57.7 Å². The van der Waals surface area contributed by atoms with E-state index in [1.165, 1.54) is 12.8 Å². The van der Waals surface area contributed by atoms with Crippen molar-refractivity contribution in [2.24, 2.45) is 5.92 Å². The lowest BCUT2D eigenvalue weighted by Crippen LogP contribution is -2.54. The molecule has 0 aromatic carbocycles. The standard InChI is InChI=1S/C18H28N4O2/c1-3-4-5-6-13(2)17(23)24-18-9-15(11-21-18)22(12-18)14-7-8-16(19)20-10-14/h7-8,10,13,15,21H,3-6,9,11-12H2,1-2H3,(H2,19,20)/t13?,15-,18?/m1/s1. The molecule has 132 valence electrons. The molecule has 2 bridgehead atoms. The van der Waals surface area contributed by atoms with Gasteiger partial charge in [0.15, 0.2) is 5.72 Å². The number of pyridine rings is 1. The fraction of sp³-hybridized carbons (Fsp3) is 0.667. The highest BCUT2D eigenvalue weighted by molar-refractivity contribution is 5.72. The lowest BCUT2D eigenvalue weighted by molar-refractivity contribution is -0.164. The minimum atomic E-state index is -0.553. The van der Waals surface area contributed by atoms with Crippen molar-refractivity contribution in [1.29, 1.82) is 0 Å². The van der Waals surface area contributed by atoms with Crippen LogP contribution in [-0.2, 0) is 9.53 Å². The number of unbranched alkanes of at least 4 members (excludes halogenated alkanes) is 2. The van der Waals surface area contributed by atoms with Crippen LogP contribution in [0.4, 0.5) is 11.5 Å². The lowest BCUT2D eigenvalue weighted by Gasteiger charge is -2.34. The molecule has 3 rings (SSSR count). The Labute approximate surface area is 143 Å². The summed E-state index contributed by atoms with van der Waals surface area (Å²) in [6, 6.07) is 4.12. The van der Waals surface area contributed by atoms with Gasteiger partial charge in [0.25, 0.3) is 0 Å². The van der Waals surface area contributed by atoms with Crippen molar-refractivity contribution >= 4 is 17.5 Å². The Bertz CT molecular complexity index is 577. The maximum absolute atomic E-state index is 12.5. The highest BCUT2D eigenvalue weighted by Crippen LogP contribution is 2.37. The van der Waals surface area contributed by atoms with Crippen LogP contribution in [0.15, 0.2) is 18.3 Å². The first kappa shape index (κ1) is 17.0. The summed E-state index contributed by atoms with van der Waals surface area (Å²) in [6.07, 6.45) is 6.93. The number of ether oxygens (including phenoxy) is 1. The van der Waals surface area contributed by atoms with E-state index in [2.05, 4.69) is 22.1 Å². The van der Waals surface area contributed by atoms with Gasteiger partial charge in [-0.15, -0.1) is 0 Å². The predicted molar refractivity (Wildman–Crippen MR) is 94.5 cm³/mol. The molecule has 1 aromatic heterocycles. The van der Waals surface area contributed by atoms with Crippen molar-refractivity contribution < 1.29 is 9.53 Å². The van der Waals surface area contributed by atoms with Crippen LogP contribution in [0.1, 0.15) is 46.0 Å². The first-order valence-corrected chi connectivity index (χ1v) is 8.99. The highest BCUT2D eigenvalue weighted by atomic mass is 16.6. The largest absolute Gasteiger partial charge is 0.442 e. The Hall–Kier alpha value is -1.82. The third-order valence-electron chi connectivity index (χ3n) is 5.13. The zero-order valence-corrected chi connectivity index (χ0v) is 14.6. The van der Waals surface area contributed by atoms with Gasteiger partial charge < -0.3 is 15.4 Å². The first-order chi connectivity index (χ1) is 11.5. The number of nitrogens with one attached hydrogen (secondary N) is 1. The van der Waals surface area contributed by atoms with Gasteiger partial charge >= 0.3 is 5.97 Å². The summed E-state index contributed by atoms with van der Waals surface area (Å²) in [6.45, 7) is 5.62. The van der Waals surface area contributed by atoms with Crippen molar-refractivity contribution in [3.8, 4) is 0 Å². The number of nitrogen functional groups attached to an aromatic ring is 1. The average Bonchev–Trinajstić information content (AvgIpc) is 3.13. The SMILES string of the molecule is CCCCCC(C)C(=O)OC12C[C@H](CN1)N(c1ccc(N)nc1)C2. The topological polar surface area (TPSA) is 80.5 Å². The Balaban J connectivity index is 1.60. The maximum Gasteiger partial charge on any atom is 0.310 e. The molecule has 0 spiro atoms. The highest BCUT2D eigenvalue weighted by Gasteiger charge is 2.52. The number of hydrogen-bond donors (Lipinski definition) is 2. The van der Waals surface area contributed by atoms with Crippen LogP contribution >= 0.6 is 0 Å². The fourth-order valence-electron chi connectivity index (χ4n) is 3.66. The molecule has 2 aliphatic rings. The third-order valence-corrected chi connectivity index (χ3v) is 5.13. The molecule has 2 saturated heterocycles. The predicted octanol–water partition coefficient (Wildman–Crippen LogP) is 2.30. The van der Waals surface area contributed by atoms with Crippen molar-refractivity contribution in [1.82, 2.24) is 10.3 Å². The lowest BCUT2D eigenvalue weighted by atomic mass is 10.0. The number of carbonyl (C=O) groups is 1. The fourth-order valence-corrected chi connectivity index (χ4v) is 3.66. The molecule has 2 aliphatic heterocycles. The van der Waals surface area contributed by atoms with Gasteiger partial charge in [-0.25, -0.2) is 4.98 Å². The molecule has 6 heteroatoms. The molecule has 3 N–H and O–H groups in total. The van der Waals surface area contributed by atoms with Gasteiger partial charge in [-0.1, -0.05) is 33.1 Å². The van der Waals surface area contributed by atoms with Crippen molar-refractivity contribution in [3.05, 3.63) is 18.3 Å². The molecule has 2 fully saturated rings. The van der Waals surface area contributed by atoms with Crippen LogP contribution in [0.2, 0.25) is 0 Å². The second-order valence-electron chi connectivity index (χ2n) is 7.12. The number of piperazine rings is 1. The number of carbonyl (C=O) groups excluding carboxylic acids is 1. The third kappa shape index (κ3) is 3.48. The van der Waals surface area contributed by atoms with Crippen LogP contribution < -0.4 is 16.0 Å². The summed E-state index contributed by atoms with van der Waals surface area (Å²) in [7, 11) is 0. The number of rotatable bonds is 7. The van der Waals surface area contributed by atoms with Gasteiger partial charge in [-0.2, -0.15) is 0 Å². The Morgan fingerprint density at radius 1 is 1.54 bits per heavy atom. The zero-order valence-electron chi connectivity index (χ0n) is 14.6. The molecule has 3 atom stereocenters. The quantitative estimate of drug-likeness (QED) is 0.589. The zero-order chi connectivity index (χ0) is 17.2. The maximum atomic E-state index is 12.5. The Kier molecular flexibility index (Phi) is 4.94. The number of nitrogens with two attached hydrogens (primary N) is 1. The molecular formula is C18H28N4O2. The molecule has 2 unspecified atom stereocenters. The number of fused-ring (bicyclic) bond motifs is 2. The number of esters is 1. The van der Waals surface area contributed by atoms with E-state index in [1.54, 1.807) is 6.20 Å². The van der Waals surface area contributed by atoms with Gasteiger partial charge in [0.2, 0.25) is 0 Å². The van der Waals surface area contributed by atoms with Crippen LogP contribution in [0.5, 0.6) is 0 Å². The van der Waals surface area contributed by atoms with E-state index >= 15 is 0 Å².